The lowest BCUT2D eigenvalue weighted by molar-refractivity contribution is 0.0699. The molecule has 4 aromatic heterocycles. The molecule has 4 heterocycles. The summed E-state index contributed by atoms with van der Waals surface area (Å²) in [4.78, 5) is 24.8. The molecule has 0 bridgehead atoms. The number of nitrogens with two attached hydrogens (primary N) is 2. The first kappa shape index (κ1) is 46.1. The highest BCUT2D eigenvalue weighted by molar-refractivity contribution is 7.85. The highest BCUT2D eigenvalue weighted by Gasteiger charge is 2.34. The number of nitrogens with one attached hydrogen (secondary N) is 1. The molecule has 2 unspecified atom stereocenters. The van der Waals surface area contributed by atoms with E-state index < -0.39 is 19.8 Å². The van der Waals surface area contributed by atoms with Gasteiger partial charge < -0.3 is 43.9 Å². The Kier molecular flexibility index (Phi) is 15.7. The second kappa shape index (κ2) is 21.1. The fraction of sp³-hybridized carbons (Fsp3) is 0.317. The second-order valence-corrected chi connectivity index (χ2v) is 20.1. The zero-order valence-electron chi connectivity index (χ0n) is 34.7. The van der Waals surface area contributed by atoms with E-state index in [0.717, 1.165) is 5.56 Å². The quantitative estimate of drug-likeness (QED) is 0.0617. The van der Waals surface area contributed by atoms with Gasteiger partial charge in [0.2, 0.25) is 0 Å². The van der Waals surface area contributed by atoms with E-state index in [1.165, 1.54) is 12.7 Å². The van der Waals surface area contributed by atoms with Crippen LogP contribution in [0.3, 0.4) is 0 Å². The monoisotopic (exact) mass is 905 g/mol. The van der Waals surface area contributed by atoms with Crippen molar-refractivity contribution < 1.29 is 32.4 Å². The molecule has 18 nitrogen and oxygen atoms in total. The Labute approximate surface area is 364 Å². The number of fused-ring (bicyclic) bond motifs is 2. The zero-order valence-corrected chi connectivity index (χ0v) is 37.3. The minimum absolute atomic E-state index is 0.144. The molecule has 0 spiro atoms. The average Bonchev–Trinajstić information content (AvgIpc) is 3.85. The Balaban J connectivity index is 0.000000223. The SMILES string of the molecule is C[C@H](Cn1cnc2c(N)ncnc21)OCP(=O)(Cl)Oc1ccccc1.C[C@H](Cn1cnc2c(N)ncnc21)OCP(=O)(NC(C)(C)COCc1ccccc1)Oc1ccccc1. The number of nitrogen functional groups attached to an aromatic ring is 2. The van der Waals surface area contributed by atoms with Gasteiger partial charge in [0.25, 0.3) is 0 Å². The van der Waals surface area contributed by atoms with E-state index in [4.69, 9.17) is 46.0 Å². The summed E-state index contributed by atoms with van der Waals surface area (Å²) in [5.41, 5.74) is 14.3. The third kappa shape index (κ3) is 13.5. The van der Waals surface area contributed by atoms with Gasteiger partial charge in [-0.3, -0.25) is 9.13 Å². The third-order valence-electron chi connectivity index (χ3n) is 8.84. The molecule has 0 saturated heterocycles. The van der Waals surface area contributed by atoms with Gasteiger partial charge in [-0.05, 0) is 68.8 Å². The van der Waals surface area contributed by atoms with Crippen LogP contribution in [0.15, 0.2) is 116 Å². The molecule has 21 heteroatoms. The van der Waals surface area contributed by atoms with E-state index in [1.807, 2.05) is 86.9 Å². The lowest BCUT2D eigenvalue weighted by atomic mass is 10.1. The van der Waals surface area contributed by atoms with Gasteiger partial charge in [0.15, 0.2) is 22.9 Å². The molecule has 0 amide bonds. The summed E-state index contributed by atoms with van der Waals surface area (Å²) in [6, 6.07) is 27.7. The van der Waals surface area contributed by atoms with Gasteiger partial charge in [-0.1, -0.05) is 66.7 Å². The van der Waals surface area contributed by atoms with Crippen molar-refractivity contribution in [3.63, 3.8) is 0 Å². The maximum atomic E-state index is 14.0. The summed E-state index contributed by atoms with van der Waals surface area (Å²) in [5.74, 6) is 1.56. The largest absolute Gasteiger partial charge is 0.431 e. The van der Waals surface area contributed by atoms with Gasteiger partial charge in [-0.25, -0.2) is 35.0 Å². The molecular formula is C41H50ClN11O7P2. The number of anilines is 2. The Morgan fingerprint density at radius 2 is 1.15 bits per heavy atom. The van der Waals surface area contributed by atoms with Crippen molar-refractivity contribution in [1.29, 1.82) is 0 Å². The lowest BCUT2D eigenvalue weighted by Crippen LogP contribution is -2.43. The molecule has 0 radical (unpaired) electrons. The van der Waals surface area contributed by atoms with Crippen molar-refractivity contribution in [3.05, 3.63) is 122 Å². The highest BCUT2D eigenvalue weighted by Crippen LogP contribution is 2.52. The minimum Gasteiger partial charge on any atom is -0.431 e. The van der Waals surface area contributed by atoms with Gasteiger partial charge in [0.1, 0.15) is 47.9 Å². The second-order valence-electron chi connectivity index (χ2n) is 14.9. The average molecular weight is 906 g/mol. The predicted molar refractivity (Wildman–Crippen MR) is 239 cm³/mol. The number of imidazole rings is 2. The molecule has 0 aliphatic rings. The van der Waals surface area contributed by atoms with Crippen LogP contribution in [0.2, 0.25) is 0 Å². The zero-order chi connectivity index (χ0) is 44.2. The van der Waals surface area contributed by atoms with Gasteiger partial charge in [0, 0.05) is 5.54 Å². The molecule has 0 saturated carbocycles. The highest BCUT2D eigenvalue weighted by atomic mass is 35.7. The fourth-order valence-electron chi connectivity index (χ4n) is 6.06. The molecule has 7 rings (SSSR count). The normalized spacial score (nSPS) is 14.6. The van der Waals surface area contributed by atoms with Gasteiger partial charge >= 0.3 is 14.2 Å². The maximum Gasteiger partial charge on any atom is 0.361 e. The molecule has 7 aromatic rings. The van der Waals surface area contributed by atoms with E-state index in [1.54, 1.807) is 53.6 Å². The number of nitrogens with zero attached hydrogens (tertiary/aromatic N) is 8. The first-order valence-electron chi connectivity index (χ1n) is 19.5. The smallest absolute Gasteiger partial charge is 0.361 e. The van der Waals surface area contributed by atoms with Crippen molar-refractivity contribution in [1.82, 2.24) is 44.1 Å². The van der Waals surface area contributed by atoms with Crippen LogP contribution >= 0.6 is 25.5 Å². The molecule has 5 N–H and O–H groups in total. The molecule has 328 valence electrons. The van der Waals surface area contributed by atoms with Crippen LogP contribution in [-0.4, -0.2) is 76.1 Å². The molecule has 0 fully saturated rings. The van der Waals surface area contributed by atoms with Crippen LogP contribution in [0.25, 0.3) is 22.3 Å². The predicted octanol–water partition coefficient (Wildman–Crippen LogP) is 7.91. The van der Waals surface area contributed by atoms with E-state index >= 15 is 0 Å². The summed E-state index contributed by atoms with van der Waals surface area (Å²) >= 11 is 5.96. The van der Waals surface area contributed by atoms with E-state index in [-0.39, 0.29) is 24.9 Å². The van der Waals surface area contributed by atoms with Crippen LogP contribution in [0.5, 0.6) is 11.5 Å². The van der Waals surface area contributed by atoms with Gasteiger partial charge in [-0.2, -0.15) is 0 Å². The van der Waals surface area contributed by atoms with Crippen LogP contribution in [0, 0.1) is 0 Å². The first-order valence-corrected chi connectivity index (χ1v) is 24.0. The summed E-state index contributed by atoms with van der Waals surface area (Å²) in [7, 11) is -3.50. The number of benzene rings is 3. The Morgan fingerprint density at radius 1 is 0.677 bits per heavy atom. The fourth-order valence-corrected chi connectivity index (χ4v) is 9.45. The van der Waals surface area contributed by atoms with Crippen LogP contribution in [-0.2, 0) is 43.0 Å². The minimum atomic E-state index is -3.50. The van der Waals surface area contributed by atoms with Crippen LogP contribution < -0.4 is 25.6 Å². The number of halogens is 1. The number of hydrogen-bond donors (Lipinski definition) is 3. The van der Waals surface area contributed by atoms with Crippen LogP contribution in [0.4, 0.5) is 11.6 Å². The van der Waals surface area contributed by atoms with Crippen molar-refractivity contribution in [2.24, 2.45) is 0 Å². The van der Waals surface area contributed by atoms with E-state index in [9.17, 15) is 9.13 Å². The summed E-state index contributed by atoms with van der Waals surface area (Å²) in [5, 5.41) is 3.18. The Morgan fingerprint density at radius 3 is 1.66 bits per heavy atom. The number of rotatable bonds is 20. The first-order chi connectivity index (χ1) is 29.7. The van der Waals surface area contributed by atoms with Crippen molar-refractivity contribution in [3.8, 4) is 11.5 Å². The Bertz CT molecular complexity index is 2590. The molecule has 0 aliphatic carbocycles. The summed E-state index contributed by atoms with van der Waals surface area (Å²) in [6.45, 7) is 5.77. The number of para-hydroxylation sites is 2. The van der Waals surface area contributed by atoms with Crippen molar-refractivity contribution in [2.45, 2.75) is 65.1 Å². The van der Waals surface area contributed by atoms with Gasteiger partial charge in [0.05, 0.1) is 51.2 Å². The number of aromatic nitrogens is 8. The van der Waals surface area contributed by atoms with Crippen LogP contribution in [0.1, 0.15) is 33.3 Å². The van der Waals surface area contributed by atoms with Crippen molar-refractivity contribution >= 4 is 59.4 Å². The third-order valence-corrected chi connectivity index (χ3v) is 12.2. The lowest BCUT2D eigenvalue weighted by Gasteiger charge is -2.32. The van der Waals surface area contributed by atoms with Gasteiger partial charge in [-0.15, -0.1) is 0 Å². The topological polar surface area (TPSA) is 232 Å². The maximum absolute atomic E-state index is 14.0. The van der Waals surface area contributed by atoms with Crippen molar-refractivity contribution in [2.75, 3.05) is 30.8 Å². The number of hydrogen-bond acceptors (Lipinski definition) is 15. The molecule has 62 heavy (non-hydrogen) atoms. The molecular weight excluding hydrogens is 856 g/mol. The molecule has 4 atom stereocenters. The summed E-state index contributed by atoms with van der Waals surface area (Å²) < 4.78 is 58.8. The molecule has 0 aliphatic heterocycles. The van der Waals surface area contributed by atoms with E-state index in [0.29, 0.717) is 71.8 Å². The summed E-state index contributed by atoms with van der Waals surface area (Å²) in [6.07, 6.45) is 5.05. The standard InChI is InChI=1S/C26H33N6O4P.C15H17ClN5O3P/c1-20(14-32-18-30-23-24(27)28-17-29-25(23)32)35-19-37(33,36-22-12-8-5-9-13-22)31-26(2,3)16-34-15-21-10-6-4-7-11-21;1-11(7-21-9-20-13-14(17)18-8-19-15(13)21)23-10-25(16,22)24-12-5-3-2-4-6-12/h4-13,17-18,20H,14-16,19H2,1-3H3,(H,31,33)(H2,27,28,29);2-6,8-9,11H,7,10H2,1H3,(H2,17,18,19)/t20-,37?;11-,25?/m11/s1. The van der Waals surface area contributed by atoms with E-state index in [2.05, 4.69) is 35.0 Å². The number of ether oxygens (including phenoxy) is 3. The Hall–Kier alpha value is -5.45. The molecule has 3 aromatic carbocycles.